The third kappa shape index (κ3) is 3.29. The molecule has 116 valence electrons. The van der Waals surface area contributed by atoms with Crippen LogP contribution in [0, 0.1) is 6.92 Å². The summed E-state index contributed by atoms with van der Waals surface area (Å²) in [6, 6.07) is 3.82. The molecule has 1 aliphatic carbocycles. The Hall–Kier alpha value is -1.75. The molecule has 2 amide bonds. The van der Waals surface area contributed by atoms with E-state index in [1.54, 1.807) is 20.2 Å². The van der Waals surface area contributed by atoms with E-state index in [1.165, 1.54) is 16.0 Å². The van der Waals surface area contributed by atoms with E-state index in [0.717, 1.165) is 12.0 Å². The van der Waals surface area contributed by atoms with Crippen LogP contribution in [0.1, 0.15) is 42.0 Å². The Balaban J connectivity index is 1.96. The summed E-state index contributed by atoms with van der Waals surface area (Å²) in [6.45, 7) is 5.54. The SMILES string of the molecule is Cc1ccc(O)c2c1C(C)CC2NCCNC(=O)N(C)C. The van der Waals surface area contributed by atoms with Gasteiger partial charge in [0.15, 0.2) is 0 Å². The number of carbonyl (C=O) groups excluding carboxylic acids is 1. The van der Waals surface area contributed by atoms with Crippen molar-refractivity contribution in [2.24, 2.45) is 0 Å². The number of carbonyl (C=O) groups is 1. The standard InChI is InChI=1S/C16H25N3O2/c1-10-5-6-13(20)15-12(9-11(2)14(10)15)17-7-8-18-16(21)19(3)4/h5-6,11-12,17,20H,7-9H2,1-4H3,(H,18,21). The minimum Gasteiger partial charge on any atom is -0.508 e. The summed E-state index contributed by atoms with van der Waals surface area (Å²) in [6.07, 6.45) is 0.982. The molecule has 0 bridgehead atoms. The summed E-state index contributed by atoms with van der Waals surface area (Å²) in [7, 11) is 3.44. The highest BCUT2D eigenvalue weighted by Gasteiger charge is 2.31. The van der Waals surface area contributed by atoms with Crippen LogP contribution in [0.4, 0.5) is 4.79 Å². The zero-order valence-electron chi connectivity index (χ0n) is 13.2. The zero-order chi connectivity index (χ0) is 15.6. The number of benzene rings is 1. The fourth-order valence-electron chi connectivity index (χ4n) is 3.10. The Morgan fingerprint density at radius 2 is 2.05 bits per heavy atom. The third-order valence-electron chi connectivity index (χ3n) is 4.11. The van der Waals surface area contributed by atoms with Crippen LogP contribution in [0.15, 0.2) is 12.1 Å². The van der Waals surface area contributed by atoms with Gasteiger partial charge in [-0.25, -0.2) is 4.79 Å². The predicted molar refractivity (Wildman–Crippen MR) is 83.7 cm³/mol. The molecule has 1 aliphatic rings. The number of nitrogens with one attached hydrogen (secondary N) is 2. The lowest BCUT2D eigenvalue weighted by Gasteiger charge is -2.17. The van der Waals surface area contributed by atoms with E-state index in [2.05, 4.69) is 24.5 Å². The predicted octanol–water partition coefficient (Wildman–Crippen LogP) is 2.11. The molecule has 0 spiro atoms. The van der Waals surface area contributed by atoms with Crippen molar-refractivity contribution in [3.8, 4) is 5.75 Å². The van der Waals surface area contributed by atoms with E-state index >= 15 is 0 Å². The molecule has 0 heterocycles. The van der Waals surface area contributed by atoms with Crippen LogP contribution in [0.2, 0.25) is 0 Å². The molecular weight excluding hydrogens is 266 g/mol. The average Bonchev–Trinajstić information content (AvgIpc) is 2.77. The molecule has 0 aromatic heterocycles. The van der Waals surface area contributed by atoms with Crippen molar-refractivity contribution in [3.63, 3.8) is 0 Å². The van der Waals surface area contributed by atoms with Crippen molar-refractivity contribution >= 4 is 6.03 Å². The van der Waals surface area contributed by atoms with Crippen LogP contribution in [0.3, 0.4) is 0 Å². The monoisotopic (exact) mass is 291 g/mol. The first-order chi connectivity index (χ1) is 9.91. The summed E-state index contributed by atoms with van der Waals surface area (Å²) < 4.78 is 0. The van der Waals surface area contributed by atoms with Gasteiger partial charge in [-0.2, -0.15) is 0 Å². The molecule has 0 fully saturated rings. The van der Waals surface area contributed by atoms with Gasteiger partial charge in [-0.3, -0.25) is 0 Å². The number of hydrogen-bond acceptors (Lipinski definition) is 3. The quantitative estimate of drug-likeness (QED) is 0.744. The first kappa shape index (κ1) is 15.6. The molecular formula is C16H25N3O2. The summed E-state index contributed by atoms with van der Waals surface area (Å²) >= 11 is 0. The van der Waals surface area contributed by atoms with Gasteiger partial charge in [0.1, 0.15) is 5.75 Å². The number of aryl methyl sites for hydroxylation is 1. The van der Waals surface area contributed by atoms with Gasteiger partial charge >= 0.3 is 6.03 Å². The molecule has 3 N–H and O–H groups in total. The molecule has 2 atom stereocenters. The molecule has 0 aliphatic heterocycles. The van der Waals surface area contributed by atoms with Gasteiger partial charge in [0, 0.05) is 38.8 Å². The van der Waals surface area contributed by atoms with E-state index < -0.39 is 0 Å². The number of fused-ring (bicyclic) bond motifs is 1. The average molecular weight is 291 g/mol. The van der Waals surface area contributed by atoms with Crippen molar-refractivity contribution in [1.29, 1.82) is 0 Å². The van der Waals surface area contributed by atoms with Crippen LogP contribution in [0.5, 0.6) is 5.75 Å². The van der Waals surface area contributed by atoms with E-state index in [9.17, 15) is 9.90 Å². The first-order valence-electron chi connectivity index (χ1n) is 7.42. The van der Waals surface area contributed by atoms with Gasteiger partial charge in [0.05, 0.1) is 0 Å². The number of phenols is 1. The van der Waals surface area contributed by atoms with Gasteiger partial charge in [-0.05, 0) is 36.5 Å². The second-order valence-electron chi connectivity index (χ2n) is 6.00. The number of rotatable bonds is 4. The maximum Gasteiger partial charge on any atom is 0.316 e. The van der Waals surface area contributed by atoms with Crippen molar-refractivity contribution in [1.82, 2.24) is 15.5 Å². The maximum atomic E-state index is 11.4. The summed E-state index contributed by atoms with van der Waals surface area (Å²) in [4.78, 5) is 13.0. The topological polar surface area (TPSA) is 64.6 Å². The lowest BCUT2D eigenvalue weighted by atomic mass is 9.97. The summed E-state index contributed by atoms with van der Waals surface area (Å²) in [5, 5.41) is 16.4. The molecule has 5 nitrogen and oxygen atoms in total. The Morgan fingerprint density at radius 3 is 2.71 bits per heavy atom. The highest BCUT2D eigenvalue weighted by Crippen LogP contribution is 2.45. The minimum absolute atomic E-state index is 0.0873. The van der Waals surface area contributed by atoms with Crippen LogP contribution >= 0.6 is 0 Å². The van der Waals surface area contributed by atoms with Gasteiger partial charge in [-0.15, -0.1) is 0 Å². The van der Waals surface area contributed by atoms with Crippen LogP contribution in [-0.4, -0.2) is 43.2 Å². The Labute approximate surface area is 126 Å². The fraction of sp³-hybridized carbons (Fsp3) is 0.562. The Bertz CT molecular complexity index is 528. The van der Waals surface area contributed by atoms with Crippen molar-refractivity contribution in [3.05, 3.63) is 28.8 Å². The Kier molecular flexibility index (Phi) is 4.73. The molecule has 0 radical (unpaired) electrons. The largest absolute Gasteiger partial charge is 0.508 e. The highest BCUT2D eigenvalue weighted by atomic mass is 16.3. The van der Waals surface area contributed by atoms with E-state index in [1.807, 2.05) is 6.07 Å². The normalized spacial score (nSPS) is 20.2. The lowest BCUT2D eigenvalue weighted by Crippen LogP contribution is -2.38. The van der Waals surface area contributed by atoms with E-state index in [-0.39, 0.29) is 12.1 Å². The molecule has 0 saturated heterocycles. The van der Waals surface area contributed by atoms with Crippen LogP contribution in [0.25, 0.3) is 0 Å². The molecule has 1 aromatic rings. The minimum atomic E-state index is -0.0873. The molecule has 5 heteroatoms. The van der Waals surface area contributed by atoms with Crippen LogP contribution < -0.4 is 10.6 Å². The number of phenolic OH excluding ortho intramolecular Hbond substituents is 1. The van der Waals surface area contributed by atoms with Crippen molar-refractivity contribution < 1.29 is 9.90 Å². The molecule has 2 unspecified atom stereocenters. The third-order valence-corrected chi connectivity index (χ3v) is 4.11. The maximum absolute atomic E-state index is 11.4. The number of hydrogen-bond donors (Lipinski definition) is 3. The first-order valence-corrected chi connectivity index (χ1v) is 7.42. The zero-order valence-corrected chi connectivity index (χ0v) is 13.2. The van der Waals surface area contributed by atoms with Gasteiger partial charge in [-0.1, -0.05) is 13.0 Å². The highest BCUT2D eigenvalue weighted by molar-refractivity contribution is 5.73. The van der Waals surface area contributed by atoms with Gasteiger partial charge in [0.25, 0.3) is 0 Å². The van der Waals surface area contributed by atoms with E-state index in [4.69, 9.17) is 0 Å². The van der Waals surface area contributed by atoms with Gasteiger partial charge in [0.2, 0.25) is 0 Å². The fourth-order valence-corrected chi connectivity index (χ4v) is 3.10. The Morgan fingerprint density at radius 1 is 1.33 bits per heavy atom. The van der Waals surface area contributed by atoms with Crippen molar-refractivity contribution in [2.75, 3.05) is 27.2 Å². The van der Waals surface area contributed by atoms with Crippen LogP contribution in [-0.2, 0) is 0 Å². The lowest BCUT2D eigenvalue weighted by molar-refractivity contribution is 0.217. The van der Waals surface area contributed by atoms with Crippen molar-refractivity contribution in [2.45, 2.75) is 32.2 Å². The molecule has 2 rings (SSSR count). The molecule has 0 saturated carbocycles. The number of urea groups is 1. The molecule has 1 aromatic carbocycles. The smallest absolute Gasteiger partial charge is 0.316 e. The second-order valence-corrected chi connectivity index (χ2v) is 6.00. The number of aromatic hydroxyl groups is 1. The number of amides is 2. The molecule has 21 heavy (non-hydrogen) atoms. The summed E-state index contributed by atoms with van der Waals surface area (Å²) in [5.74, 6) is 0.816. The van der Waals surface area contributed by atoms with E-state index in [0.29, 0.717) is 24.8 Å². The van der Waals surface area contributed by atoms with Gasteiger partial charge < -0.3 is 20.6 Å². The summed E-state index contributed by atoms with van der Waals surface area (Å²) in [5.41, 5.74) is 3.53. The second kappa shape index (κ2) is 6.35. The number of nitrogens with zero attached hydrogens (tertiary/aromatic N) is 1.